The summed E-state index contributed by atoms with van der Waals surface area (Å²) < 4.78 is 0. The van der Waals surface area contributed by atoms with Crippen molar-refractivity contribution in [3.8, 4) is 0 Å². The van der Waals surface area contributed by atoms with E-state index in [1.54, 1.807) is 0 Å². The Bertz CT molecular complexity index is 317. The molecule has 1 saturated carbocycles. The summed E-state index contributed by atoms with van der Waals surface area (Å²) in [5.41, 5.74) is 7.83. The third-order valence-corrected chi connectivity index (χ3v) is 3.25. The van der Waals surface area contributed by atoms with E-state index >= 15 is 0 Å². The van der Waals surface area contributed by atoms with Gasteiger partial charge in [-0.1, -0.05) is 6.07 Å². The standard InChI is InChI=1S/C11H16N2O/c1-8-2-3-9(5-13-8)10-4-11(10,6-12)7-14/h2-3,5,10,14H,4,6-7,12H2,1H3. The molecule has 1 fully saturated rings. The van der Waals surface area contributed by atoms with Crippen LogP contribution in [0.4, 0.5) is 0 Å². The molecule has 1 heterocycles. The van der Waals surface area contributed by atoms with Gasteiger partial charge in [0.25, 0.3) is 0 Å². The zero-order chi connectivity index (χ0) is 10.2. The van der Waals surface area contributed by atoms with Crippen LogP contribution in [0.3, 0.4) is 0 Å². The molecule has 0 aromatic carbocycles. The summed E-state index contributed by atoms with van der Waals surface area (Å²) in [5, 5.41) is 9.24. The molecule has 3 nitrogen and oxygen atoms in total. The zero-order valence-corrected chi connectivity index (χ0v) is 8.40. The summed E-state index contributed by atoms with van der Waals surface area (Å²) in [7, 11) is 0. The lowest BCUT2D eigenvalue weighted by Crippen LogP contribution is -2.21. The molecule has 14 heavy (non-hydrogen) atoms. The molecule has 1 aromatic rings. The molecule has 0 aliphatic heterocycles. The van der Waals surface area contributed by atoms with E-state index in [4.69, 9.17) is 5.73 Å². The number of rotatable bonds is 3. The molecule has 0 amide bonds. The Hall–Kier alpha value is -0.930. The van der Waals surface area contributed by atoms with E-state index in [2.05, 4.69) is 11.1 Å². The van der Waals surface area contributed by atoms with Crippen molar-refractivity contribution in [2.24, 2.45) is 11.1 Å². The molecule has 2 atom stereocenters. The average molecular weight is 192 g/mol. The Kier molecular flexibility index (Phi) is 2.29. The van der Waals surface area contributed by atoms with Crippen LogP contribution in [0.2, 0.25) is 0 Å². The number of aliphatic hydroxyl groups excluding tert-OH is 1. The van der Waals surface area contributed by atoms with Crippen LogP contribution in [0.1, 0.15) is 23.6 Å². The molecule has 3 N–H and O–H groups in total. The Morgan fingerprint density at radius 1 is 1.64 bits per heavy atom. The first-order valence-electron chi connectivity index (χ1n) is 4.95. The quantitative estimate of drug-likeness (QED) is 0.745. The van der Waals surface area contributed by atoms with Crippen molar-refractivity contribution in [3.63, 3.8) is 0 Å². The van der Waals surface area contributed by atoms with Gasteiger partial charge in [-0.3, -0.25) is 4.98 Å². The molecular weight excluding hydrogens is 176 g/mol. The monoisotopic (exact) mass is 192 g/mol. The summed E-state index contributed by atoms with van der Waals surface area (Å²) in [6.45, 7) is 2.71. The molecule has 0 bridgehead atoms. The van der Waals surface area contributed by atoms with Crippen LogP contribution in [0.15, 0.2) is 18.3 Å². The number of hydrogen-bond donors (Lipinski definition) is 2. The highest BCUT2D eigenvalue weighted by atomic mass is 16.3. The maximum absolute atomic E-state index is 9.24. The van der Waals surface area contributed by atoms with E-state index in [9.17, 15) is 5.11 Å². The van der Waals surface area contributed by atoms with E-state index < -0.39 is 0 Å². The van der Waals surface area contributed by atoms with Crippen molar-refractivity contribution < 1.29 is 5.11 Å². The molecular formula is C11H16N2O. The Morgan fingerprint density at radius 3 is 2.86 bits per heavy atom. The molecule has 1 aliphatic carbocycles. The van der Waals surface area contributed by atoms with Gasteiger partial charge in [-0.05, 0) is 30.9 Å². The number of aromatic nitrogens is 1. The molecule has 1 aromatic heterocycles. The normalized spacial score (nSPS) is 30.4. The zero-order valence-electron chi connectivity index (χ0n) is 8.40. The van der Waals surface area contributed by atoms with Gasteiger partial charge in [-0.15, -0.1) is 0 Å². The fourth-order valence-electron chi connectivity index (χ4n) is 1.97. The number of nitrogens with two attached hydrogens (primary N) is 1. The first-order valence-corrected chi connectivity index (χ1v) is 4.95. The van der Waals surface area contributed by atoms with Crippen molar-refractivity contribution in [1.82, 2.24) is 4.98 Å². The van der Waals surface area contributed by atoms with Crippen LogP contribution >= 0.6 is 0 Å². The van der Waals surface area contributed by atoms with E-state index in [1.807, 2.05) is 19.2 Å². The fourth-order valence-corrected chi connectivity index (χ4v) is 1.97. The lowest BCUT2D eigenvalue weighted by atomic mass is 10.0. The average Bonchev–Trinajstić information content (AvgIpc) is 2.94. The number of nitrogens with zero attached hydrogens (tertiary/aromatic N) is 1. The maximum atomic E-state index is 9.24. The highest BCUT2D eigenvalue weighted by Gasteiger charge is 2.53. The molecule has 0 spiro atoms. The van der Waals surface area contributed by atoms with Crippen LogP contribution < -0.4 is 5.73 Å². The minimum absolute atomic E-state index is 0.0586. The summed E-state index contributed by atoms with van der Waals surface area (Å²) in [4.78, 5) is 4.25. The summed E-state index contributed by atoms with van der Waals surface area (Å²) in [6.07, 6.45) is 2.89. The first kappa shape index (κ1) is 9.62. The molecule has 1 aliphatic rings. The van der Waals surface area contributed by atoms with Crippen LogP contribution in [-0.2, 0) is 0 Å². The van der Waals surface area contributed by atoms with Gasteiger partial charge >= 0.3 is 0 Å². The van der Waals surface area contributed by atoms with Crippen LogP contribution in [0, 0.1) is 12.3 Å². The Labute approximate surface area is 84.0 Å². The molecule has 0 saturated heterocycles. The van der Waals surface area contributed by atoms with Crippen LogP contribution in [0.5, 0.6) is 0 Å². The van der Waals surface area contributed by atoms with Gasteiger partial charge in [-0.25, -0.2) is 0 Å². The van der Waals surface area contributed by atoms with Gasteiger partial charge < -0.3 is 10.8 Å². The Morgan fingerprint density at radius 2 is 2.43 bits per heavy atom. The summed E-state index contributed by atoms with van der Waals surface area (Å²) >= 11 is 0. The topological polar surface area (TPSA) is 59.1 Å². The molecule has 2 rings (SSSR count). The van der Waals surface area contributed by atoms with Gasteiger partial charge in [0.2, 0.25) is 0 Å². The smallest absolute Gasteiger partial charge is 0.0505 e. The fraction of sp³-hybridized carbons (Fsp3) is 0.545. The van der Waals surface area contributed by atoms with E-state index in [0.717, 1.165) is 12.1 Å². The lowest BCUT2D eigenvalue weighted by Gasteiger charge is -2.10. The van der Waals surface area contributed by atoms with Crippen molar-refractivity contribution in [2.45, 2.75) is 19.3 Å². The van der Waals surface area contributed by atoms with Gasteiger partial charge in [0.15, 0.2) is 0 Å². The molecule has 76 valence electrons. The van der Waals surface area contributed by atoms with E-state index in [0.29, 0.717) is 12.5 Å². The van der Waals surface area contributed by atoms with Crippen molar-refractivity contribution >= 4 is 0 Å². The predicted molar refractivity (Wildman–Crippen MR) is 54.9 cm³/mol. The third-order valence-electron chi connectivity index (χ3n) is 3.25. The number of aryl methyl sites for hydroxylation is 1. The second kappa shape index (κ2) is 3.33. The summed E-state index contributed by atoms with van der Waals surface area (Å²) in [5.74, 6) is 0.408. The highest BCUT2D eigenvalue weighted by Crippen LogP contribution is 2.58. The second-order valence-electron chi connectivity index (χ2n) is 4.21. The largest absolute Gasteiger partial charge is 0.396 e. The first-order chi connectivity index (χ1) is 6.72. The Balaban J connectivity index is 2.16. The minimum Gasteiger partial charge on any atom is -0.396 e. The van der Waals surface area contributed by atoms with Crippen LogP contribution in [-0.4, -0.2) is 23.2 Å². The number of aliphatic hydroxyl groups is 1. The predicted octanol–water partition coefficient (Wildman–Crippen LogP) is 0.815. The minimum atomic E-state index is -0.0586. The molecule has 3 heteroatoms. The highest BCUT2D eigenvalue weighted by molar-refractivity contribution is 5.28. The second-order valence-corrected chi connectivity index (χ2v) is 4.21. The molecule has 0 radical (unpaired) electrons. The van der Waals surface area contributed by atoms with Crippen LogP contribution in [0.25, 0.3) is 0 Å². The van der Waals surface area contributed by atoms with Crippen molar-refractivity contribution in [2.75, 3.05) is 13.2 Å². The van der Waals surface area contributed by atoms with Gasteiger partial charge in [-0.2, -0.15) is 0 Å². The van der Waals surface area contributed by atoms with Gasteiger partial charge in [0.05, 0.1) is 6.61 Å². The summed E-state index contributed by atoms with van der Waals surface area (Å²) in [6, 6.07) is 4.09. The molecule has 2 unspecified atom stereocenters. The number of pyridine rings is 1. The maximum Gasteiger partial charge on any atom is 0.0505 e. The van der Waals surface area contributed by atoms with E-state index in [-0.39, 0.29) is 12.0 Å². The lowest BCUT2D eigenvalue weighted by molar-refractivity contribution is 0.211. The third kappa shape index (κ3) is 1.42. The number of hydrogen-bond acceptors (Lipinski definition) is 3. The van der Waals surface area contributed by atoms with E-state index in [1.165, 1.54) is 5.56 Å². The van der Waals surface area contributed by atoms with Gasteiger partial charge in [0, 0.05) is 23.9 Å². The van der Waals surface area contributed by atoms with Crippen molar-refractivity contribution in [1.29, 1.82) is 0 Å². The SMILES string of the molecule is Cc1ccc(C2CC2(CN)CO)cn1. The van der Waals surface area contributed by atoms with Crippen molar-refractivity contribution in [3.05, 3.63) is 29.6 Å². The van der Waals surface area contributed by atoms with Gasteiger partial charge in [0.1, 0.15) is 0 Å².